The first-order valence-electron chi connectivity index (χ1n) is 10.1. The fourth-order valence-corrected chi connectivity index (χ4v) is 3.88. The quantitative estimate of drug-likeness (QED) is 0.481. The molecular formula is C22H23N5O3. The molecule has 8 nitrogen and oxygen atoms in total. The Balaban J connectivity index is 1.38. The number of carbonyl (C=O) groups is 1. The van der Waals surface area contributed by atoms with Gasteiger partial charge in [-0.25, -0.2) is 0 Å². The summed E-state index contributed by atoms with van der Waals surface area (Å²) >= 11 is 0. The van der Waals surface area contributed by atoms with Crippen molar-refractivity contribution in [2.24, 2.45) is 0 Å². The molecule has 1 aliphatic carbocycles. The highest BCUT2D eigenvalue weighted by Crippen LogP contribution is 2.30. The lowest BCUT2D eigenvalue weighted by Gasteiger charge is -2.14. The summed E-state index contributed by atoms with van der Waals surface area (Å²) < 4.78 is 2.02. The van der Waals surface area contributed by atoms with Crippen molar-refractivity contribution >= 4 is 11.6 Å². The average Bonchev–Trinajstić information content (AvgIpc) is 3.13. The Morgan fingerprint density at radius 3 is 2.57 bits per heavy atom. The fourth-order valence-electron chi connectivity index (χ4n) is 3.88. The molecule has 30 heavy (non-hydrogen) atoms. The fraction of sp³-hybridized carbons (Fsp3) is 0.318. The molecular weight excluding hydrogens is 382 g/mol. The van der Waals surface area contributed by atoms with Gasteiger partial charge >= 0.3 is 0 Å². The third-order valence-electron chi connectivity index (χ3n) is 5.37. The number of rotatable bonds is 7. The van der Waals surface area contributed by atoms with Crippen LogP contribution in [0.3, 0.4) is 0 Å². The Labute approximate surface area is 174 Å². The summed E-state index contributed by atoms with van der Waals surface area (Å²) in [6, 6.07) is 10.0. The Morgan fingerprint density at radius 2 is 1.83 bits per heavy atom. The van der Waals surface area contributed by atoms with Gasteiger partial charge in [-0.3, -0.25) is 24.6 Å². The standard InChI is InChI=1S/C22H23N5O3/c28-21(15-16-5-7-18(8-6-16)27(29)30)24-13-14-26-20-4-2-1-3-19(20)22(25-26)17-9-11-23-12-10-17/h5-12H,1-4,13-15H2,(H,24,28). The van der Waals surface area contributed by atoms with E-state index in [-0.39, 0.29) is 18.0 Å². The van der Waals surface area contributed by atoms with Crippen LogP contribution in [0.4, 0.5) is 5.69 Å². The number of benzene rings is 1. The number of pyridine rings is 1. The van der Waals surface area contributed by atoms with Gasteiger partial charge in [0.15, 0.2) is 0 Å². The molecule has 0 unspecified atom stereocenters. The van der Waals surface area contributed by atoms with Crippen LogP contribution in [0.5, 0.6) is 0 Å². The summed E-state index contributed by atoms with van der Waals surface area (Å²) in [5.74, 6) is -0.112. The van der Waals surface area contributed by atoms with E-state index in [4.69, 9.17) is 5.10 Å². The van der Waals surface area contributed by atoms with Gasteiger partial charge in [-0.05, 0) is 43.4 Å². The minimum Gasteiger partial charge on any atom is -0.354 e. The molecule has 154 valence electrons. The number of nitro groups is 1. The zero-order chi connectivity index (χ0) is 20.9. The number of nitrogens with one attached hydrogen (secondary N) is 1. The molecule has 1 N–H and O–H groups in total. The molecule has 0 bridgehead atoms. The maximum absolute atomic E-state index is 12.3. The Hall–Kier alpha value is -3.55. The minimum atomic E-state index is -0.450. The number of aromatic nitrogens is 3. The van der Waals surface area contributed by atoms with Gasteiger partial charge in [-0.2, -0.15) is 5.10 Å². The first-order valence-corrected chi connectivity index (χ1v) is 10.1. The minimum absolute atomic E-state index is 0.0209. The van der Waals surface area contributed by atoms with Crippen LogP contribution in [0, 0.1) is 10.1 Å². The van der Waals surface area contributed by atoms with Crippen LogP contribution in [0.2, 0.25) is 0 Å². The van der Waals surface area contributed by atoms with Gasteiger partial charge in [0, 0.05) is 47.9 Å². The molecule has 0 aliphatic heterocycles. The zero-order valence-electron chi connectivity index (χ0n) is 16.6. The van der Waals surface area contributed by atoms with Crippen molar-refractivity contribution in [3.8, 4) is 11.3 Å². The Kier molecular flexibility index (Phi) is 5.83. The summed E-state index contributed by atoms with van der Waals surface area (Å²) in [6.45, 7) is 1.09. The van der Waals surface area contributed by atoms with Crippen LogP contribution in [-0.2, 0) is 30.6 Å². The van der Waals surface area contributed by atoms with Crippen LogP contribution < -0.4 is 5.32 Å². The van der Waals surface area contributed by atoms with Crippen molar-refractivity contribution in [1.29, 1.82) is 0 Å². The van der Waals surface area contributed by atoms with Crippen LogP contribution >= 0.6 is 0 Å². The molecule has 3 aromatic rings. The second kappa shape index (κ2) is 8.86. The molecule has 0 atom stereocenters. The van der Waals surface area contributed by atoms with Gasteiger partial charge in [0.05, 0.1) is 23.6 Å². The lowest BCUT2D eigenvalue weighted by molar-refractivity contribution is -0.384. The molecule has 0 saturated carbocycles. The molecule has 4 rings (SSSR count). The molecule has 2 aromatic heterocycles. The van der Waals surface area contributed by atoms with Gasteiger partial charge in [0.1, 0.15) is 0 Å². The van der Waals surface area contributed by atoms with Crippen LogP contribution in [0.1, 0.15) is 29.7 Å². The number of hydrogen-bond acceptors (Lipinski definition) is 5. The Morgan fingerprint density at radius 1 is 1.10 bits per heavy atom. The van der Waals surface area contributed by atoms with Crippen LogP contribution in [0.15, 0.2) is 48.8 Å². The SMILES string of the molecule is O=C(Cc1ccc([N+](=O)[O-])cc1)NCCn1nc(-c2ccncc2)c2c1CCCC2. The lowest BCUT2D eigenvalue weighted by Crippen LogP contribution is -2.29. The monoisotopic (exact) mass is 405 g/mol. The van der Waals surface area contributed by atoms with E-state index < -0.39 is 4.92 Å². The van der Waals surface area contributed by atoms with E-state index in [1.54, 1.807) is 24.5 Å². The van der Waals surface area contributed by atoms with E-state index in [1.165, 1.54) is 29.8 Å². The van der Waals surface area contributed by atoms with Crippen molar-refractivity contribution in [2.75, 3.05) is 6.54 Å². The topological polar surface area (TPSA) is 103 Å². The van der Waals surface area contributed by atoms with Gasteiger partial charge in [0.2, 0.25) is 5.91 Å². The zero-order valence-corrected chi connectivity index (χ0v) is 16.6. The molecule has 0 fully saturated rings. The first-order chi connectivity index (χ1) is 14.6. The van der Waals surface area contributed by atoms with Crippen molar-refractivity contribution < 1.29 is 9.72 Å². The second-order valence-electron chi connectivity index (χ2n) is 7.39. The summed E-state index contributed by atoms with van der Waals surface area (Å²) in [5, 5.41) is 18.5. The number of nitro benzene ring substituents is 1. The van der Waals surface area contributed by atoms with Crippen molar-refractivity contribution in [3.05, 3.63) is 75.7 Å². The van der Waals surface area contributed by atoms with Gasteiger partial charge in [-0.1, -0.05) is 12.1 Å². The Bertz CT molecular complexity index is 1040. The molecule has 2 heterocycles. The third kappa shape index (κ3) is 4.37. The van der Waals surface area contributed by atoms with Gasteiger partial charge < -0.3 is 5.32 Å². The highest BCUT2D eigenvalue weighted by molar-refractivity contribution is 5.78. The molecule has 1 aliphatic rings. The van der Waals surface area contributed by atoms with E-state index >= 15 is 0 Å². The molecule has 0 spiro atoms. The molecule has 8 heteroatoms. The molecule has 0 saturated heterocycles. The smallest absolute Gasteiger partial charge is 0.269 e. The van der Waals surface area contributed by atoms with Crippen LogP contribution in [0.25, 0.3) is 11.3 Å². The van der Waals surface area contributed by atoms with Gasteiger partial charge in [0.25, 0.3) is 5.69 Å². The number of carbonyl (C=O) groups excluding carboxylic acids is 1. The summed E-state index contributed by atoms with van der Waals surface area (Å²) in [7, 11) is 0. The van der Waals surface area contributed by atoms with Crippen molar-refractivity contribution in [3.63, 3.8) is 0 Å². The van der Waals surface area contributed by atoms with Crippen molar-refractivity contribution in [2.45, 2.75) is 38.6 Å². The molecule has 1 amide bonds. The van der Waals surface area contributed by atoms with E-state index in [0.29, 0.717) is 13.1 Å². The lowest BCUT2D eigenvalue weighted by atomic mass is 9.94. The van der Waals surface area contributed by atoms with E-state index in [9.17, 15) is 14.9 Å². The predicted octanol–water partition coefficient (Wildman–Crippen LogP) is 3.09. The number of nitrogens with zero attached hydrogens (tertiary/aromatic N) is 4. The summed E-state index contributed by atoms with van der Waals surface area (Å²) in [5.41, 5.74) is 5.43. The van der Waals surface area contributed by atoms with Crippen LogP contribution in [-0.4, -0.2) is 32.1 Å². The highest BCUT2D eigenvalue weighted by Gasteiger charge is 2.21. The van der Waals surface area contributed by atoms with Gasteiger partial charge in [-0.15, -0.1) is 0 Å². The third-order valence-corrected chi connectivity index (χ3v) is 5.37. The first kappa shape index (κ1) is 19.8. The van der Waals surface area contributed by atoms with Crippen molar-refractivity contribution in [1.82, 2.24) is 20.1 Å². The maximum Gasteiger partial charge on any atom is 0.269 e. The largest absolute Gasteiger partial charge is 0.354 e. The van der Waals surface area contributed by atoms with E-state index in [2.05, 4.69) is 10.3 Å². The summed E-state index contributed by atoms with van der Waals surface area (Å²) in [6.07, 6.45) is 8.11. The normalized spacial score (nSPS) is 12.9. The number of fused-ring (bicyclic) bond motifs is 1. The predicted molar refractivity (Wildman–Crippen MR) is 112 cm³/mol. The molecule has 1 aromatic carbocycles. The number of amides is 1. The average molecular weight is 405 g/mol. The highest BCUT2D eigenvalue weighted by atomic mass is 16.6. The number of non-ortho nitro benzene ring substituents is 1. The van der Waals surface area contributed by atoms with E-state index in [1.807, 2.05) is 16.8 Å². The second-order valence-corrected chi connectivity index (χ2v) is 7.39. The van der Waals surface area contributed by atoms with E-state index in [0.717, 1.165) is 36.1 Å². The summed E-state index contributed by atoms with van der Waals surface area (Å²) in [4.78, 5) is 26.6. The maximum atomic E-state index is 12.3. The molecule has 0 radical (unpaired) electrons. The number of hydrogen-bond donors (Lipinski definition) is 1.